The van der Waals surface area contributed by atoms with E-state index in [1.807, 2.05) is 6.92 Å². The Morgan fingerprint density at radius 1 is 0.865 bits per heavy atom. The maximum absolute atomic E-state index is 12.5. The van der Waals surface area contributed by atoms with E-state index < -0.39 is 42.1 Å². The zero-order chi connectivity index (χ0) is 26.4. The van der Waals surface area contributed by atoms with Crippen molar-refractivity contribution in [1.29, 1.82) is 0 Å². The Hall–Kier alpha value is -4.79. The van der Waals surface area contributed by atoms with Crippen LogP contribution in [0.1, 0.15) is 43.1 Å². The summed E-state index contributed by atoms with van der Waals surface area (Å²) in [7, 11) is 0. The molecule has 1 aliphatic rings. The Labute approximate surface area is 213 Å². The molecular weight excluding hydrogens is 476 g/mol. The average molecular weight is 501 g/mol. The molecule has 1 saturated heterocycles. The topological polar surface area (TPSA) is 119 Å². The lowest BCUT2D eigenvalue weighted by Gasteiger charge is -2.17. The lowest BCUT2D eigenvalue weighted by molar-refractivity contribution is -0.147. The molecule has 3 aromatic rings. The van der Waals surface area contributed by atoms with Crippen LogP contribution in [0.3, 0.4) is 0 Å². The van der Waals surface area contributed by atoms with Crippen LogP contribution in [0, 0.1) is 12.8 Å². The molecule has 1 fully saturated rings. The van der Waals surface area contributed by atoms with Crippen molar-refractivity contribution in [2.24, 2.45) is 5.92 Å². The van der Waals surface area contributed by atoms with Gasteiger partial charge in [0.25, 0.3) is 5.91 Å². The summed E-state index contributed by atoms with van der Waals surface area (Å²) in [5.74, 6) is -3.11. The van der Waals surface area contributed by atoms with Crippen LogP contribution in [0.2, 0.25) is 0 Å². The van der Waals surface area contributed by atoms with E-state index in [-0.39, 0.29) is 24.3 Å². The number of carbonyl (C=O) groups is 5. The van der Waals surface area contributed by atoms with Crippen molar-refractivity contribution < 1.29 is 33.4 Å². The molecule has 0 radical (unpaired) electrons. The number of Topliss-reactive ketones (excluding diaryl/α,β-unsaturated/α-hetero) is 1. The van der Waals surface area contributed by atoms with Gasteiger partial charge in [-0.15, -0.1) is 0 Å². The highest BCUT2D eigenvalue weighted by Gasteiger charge is 2.36. The third-order valence-electron chi connectivity index (χ3n) is 5.75. The smallest absolute Gasteiger partial charge is 0.343 e. The molecule has 188 valence electrons. The number of ether oxygens (including phenoxy) is 2. The van der Waals surface area contributed by atoms with Crippen LogP contribution in [0.4, 0.5) is 0 Å². The van der Waals surface area contributed by atoms with Crippen molar-refractivity contribution in [3.8, 4) is 5.75 Å². The monoisotopic (exact) mass is 500 g/mol. The summed E-state index contributed by atoms with van der Waals surface area (Å²) in [4.78, 5) is 61.6. The van der Waals surface area contributed by atoms with Crippen molar-refractivity contribution in [3.05, 3.63) is 101 Å². The highest BCUT2D eigenvalue weighted by Crippen LogP contribution is 2.19. The third kappa shape index (κ3) is 6.46. The van der Waals surface area contributed by atoms with Crippen LogP contribution in [-0.2, 0) is 14.3 Å². The summed E-state index contributed by atoms with van der Waals surface area (Å²) in [6.07, 6.45) is -0.136. The molecule has 9 nitrogen and oxygen atoms in total. The molecule has 1 heterocycles. The number of ketones is 1. The van der Waals surface area contributed by atoms with Gasteiger partial charge in [0, 0.05) is 17.5 Å². The lowest BCUT2D eigenvalue weighted by atomic mass is 10.1. The van der Waals surface area contributed by atoms with E-state index >= 15 is 0 Å². The van der Waals surface area contributed by atoms with Gasteiger partial charge in [-0.2, -0.15) is 0 Å². The predicted octanol–water partition coefficient (Wildman–Crippen LogP) is 3.13. The molecule has 1 aliphatic heterocycles. The predicted molar refractivity (Wildman–Crippen MR) is 132 cm³/mol. The van der Waals surface area contributed by atoms with Gasteiger partial charge in [0.2, 0.25) is 5.91 Å². The number of nitrogens with one attached hydrogen (secondary N) is 1. The van der Waals surface area contributed by atoms with E-state index in [1.165, 1.54) is 24.3 Å². The minimum atomic E-state index is -0.806. The summed E-state index contributed by atoms with van der Waals surface area (Å²) >= 11 is 0. The van der Waals surface area contributed by atoms with Gasteiger partial charge in [-0.05, 0) is 55.5 Å². The first kappa shape index (κ1) is 25.3. The van der Waals surface area contributed by atoms with Crippen LogP contribution in [0.5, 0.6) is 5.75 Å². The molecule has 37 heavy (non-hydrogen) atoms. The third-order valence-corrected chi connectivity index (χ3v) is 5.75. The molecule has 4 rings (SSSR count). The molecule has 0 bridgehead atoms. The number of benzene rings is 3. The number of carbonyl (C=O) groups excluding carboxylic acids is 5. The SMILES string of the molecule is Cc1ccc(C(=O)Oc2ccc(C(=O)COC(=O)[C@@H]3CC(=O)N(NC(=O)c4ccccc4)C3)cc2)cc1. The van der Waals surface area contributed by atoms with E-state index in [4.69, 9.17) is 9.47 Å². The van der Waals surface area contributed by atoms with Gasteiger partial charge in [0.1, 0.15) is 5.75 Å². The lowest BCUT2D eigenvalue weighted by Crippen LogP contribution is -2.43. The van der Waals surface area contributed by atoms with Gasteiger partial charge in [0.15, 0.2) is 12.4 Å². The first-order valence-corrected chi connectivity index (χ1v) is 11.6. The minimum Gasteiger partial charge on any atom is -0.457 e. The maximum Gasteiger partial charge on any atom is 0.343 e. The van der Waals surface area contributed by atoms with Gasteiger partial charge >= 0.3 is 11.9 Å². The minimum absolute atomic E-state index is 0.0501. The summed E-state index contributed by atoms with van der Waals surface area (Å²) in [5, 5.41) is 1.08. The number of nitrogens with zero attached hydrogens (tertiary/aromatic N) is 1. The summed E-state index contributed by atoms with van der Waals surface area (Å²) in [6, 6.07) is 21.2. The fourth-order valence-corrected chi connectivity index (χ4v) is 3.65. The van der Waals surface area contributed by atoms with E-state index in [2.05, 4.69) is 5.43 Å². The second-order valence-corrected chi connectivity index (χ2v) is 8.52. The zero-order valence-corrected chi connectivity index (χ0v) is 20.0. The molecule has 0 spiro atoms. The average Bonchev–Trinajstić information content (AvgIpc) is 3.28. The van der Waals surface area contributed by atoms with Crippen molar-refractivity contribution >= 4 is 29.5 Å². The molecule has 2 amide bonds. The Morgan fingerprint density at radius 3 is 2.19 bits per heavy atom. The Kier molecular flexibility index (Phi) is 7.73. The summed E-state index contributed by atoms with van der Waals surface area (Å²) in [5.41, 5.74) is 4.55. The first-order chi connectivity index (χ1) is 17.8. The number of hydrogen-bond donors (Lipinski definition) is 1. The molecule has 1 N–H and O–H groups in total. The van der Waals surface area contributed by atoms with E-state index in [0.29, 0.717) is 11.1 Å². The van der Waals surface area contributed by atoms with E-state index in [0.717, 1.165) is 10.6 Å². The van der Waals surface area contributed by atoms with Crippen LogP contribution >= 0.6 is 0 Å². The van der Waals surface area contributed by atoms with Gasteiger partial charge < -0.3 is 9.47 Å². The quantitative estimate of drug-likeness (QED) is 0.287. The fraction of sp³-hybridized carbons (Fsp3) is 0.179. The molecule has 1 atom stereocenters. The van der Waals surface area contributed by atoms with E-state index in [9.17, 15) is 24.0 Å². The van der Waals surface area contributed by atoms with Gasteiger partial charge in [-0.3, -0.25) is 29.6 Å². The maximum atomic E-state index is 12.5. The Morgan fingerprint density at radius 2 is 1.51 bits per heavy atom. The van der Waals surface area contributed by atoms with Crippen LogP contribution in [0.25, 0.3) is 0 Å². The highest BCUT2D eigenvalue weighted by molar-refractivity contribution is 5.99. The number of amides is 2. The second-order valence-electron chi connectivity index (χ2n) is 8.52. The number of hydrogen-bond acceptors (Lipinski definition) is 7. The molecule has 3 aromatic carbocycles. The van der Waals surface area contributed by atoms with Crippen LogP contribution in [-0.4, -0.2) is 47.7 Å². The zero-order valence-electron chi connectivity index (χ0n) is 20.0. The number of hydrazine groups is 1. The van der Waals surface area contributed by atoms with Gasteiger partial charge in [-0.1, -0.05) is 35.9 Å². The molecule has 0 unspecified atom stereocenters. The fourth-order valence-electron chi connectivity index (χ4n) is 3.65. The highest BCUT2D eigenvalue weighted by atomic mass is 16.5. The van der Waals surface area contributed by atoms with Crippen molar-refractivity contribution in [2.75, 3.05) is 13.2 Å². The summed E-state index contributed by atoms with van der Waals surface area (Å²) < 4.78 is 10.4. The Balaban J connectivity index is 1.25. The molecule has 0 saturated carbocycles. The first-order valence-electron chi connectivity index (χ1n) is 11.6. The molecule has 0 aromatic heterocycles. The molecular formula is C28H24N2O7. The van der Waals surface area contributed by atoms with Gasteiger partial charge in [0.05, 0.1) is 18.0 Å². The Bertz CT molecular complexity index is 1320. The number of aryl methyl sites for hydroxylation is 1. The van der Waals surface area contributed by atoms with Crippen molar-refractivity contribution in [1.82, 2.24) is 10.4 Å². The standard InChI is InChI=1S/C28H24N2O7/c1-18-7-9-21(10-8-18)28(35)37-23-13-11-19(12-14-23)24(31)17-36-27(34)22-15-25(32)30(16-22)29-26(33)20-5-3-2-4-6-20/h2-14,22H,15-17H2,1H3,(H,29,33)/t22-/m1/s1. The second kappa shape index (κ2) is 11.3. The molecule has 0 aliphatic carbocycles. The van der Waals surface area contributed by atoms with Crippen molar-refractivity contribution in [3.63, 3.8) is 0 Å². The largest absolute Gasteiger partial charge is 0.457 e. The number of esters is 2. The van der Waals surface area contributed by atoms with E-state index in [1.54, 1.807) is 54.6 Å². The van der Waals surface area contributed by atoms with Crippen LogP contribution in [0.15, 0.2) is 78.9 Å². The molecule has 9 heteroatoms. The normalized spacial score (nSPS) is 14.7. The van der Waals surface area contributed by atoms with Crippen LogP contribution < -0.4 is 10.2 Å². The summed E-state index contributed by atoms with van der Waals surface area (Å²) in [6.45, 7) is 1.35. The van der Waals surface area contributed by atoms with Gasteiger partial charge in [-0.25, -0.2) is 4.79 Å². The number of rotatable bonds is 8. The van der Waals surface area contributed by atoms with Crippen molar-refractivity contribution in [2.45, 2.75) is 13.3 Å².